The molecule has 1 aliphatic carbocycles. The predicted octanol–water partition coefficient (Wildman–Crippen LogP) is 4.23. The molecule has 0 amide bonds. The molecule has 2 aliphatic rings. The summed E-state index contributed by atoms with van der Waals surface area (Å²) >= 11 is 0. The Bertz CT molecular complexity index is 764. The summed E-state index contributed by atoms with van der Waals surface area (Å²) in [6.07, 6.45) is 1.59. The van der Waals surface area contributed by atoms with E-state index >= 15 is 0 Å². The molecule has 23 heavy (non-hydrogen) atoms. The molecule has 1 saturated carbocycles. The van der Waals surface area contributed by atoms with Gasteiger partial charge in [0.05, 0.1) is 5.92 Å². The van der Waals surface area contributed by atoms with Gasteiger partial charge in [0.1, 0.15) is 18.1 Å². The lowest BCUT2D eigenvalue weighted by Gasteiger charge is -2.26. The number of fused-ring (bicyclic) bond motifs is 3. The number of carbonyl (C=O) groups excluding carboxylic acids is 1. The third kappa shape index (κ3) is 2.63. The molecule has 1 aliphatic heterocycles. The fourth-order valence-corrected chi connectivity index (χ4v) is 3.49. The Morgan fingerprint density at radius 1 is 1.09 bits per heavy atom. The Labute approximate surface area is 135 Å². The Hall–Kier alpha value is -2.55. The normalized spacial score (nSPS) is 22.3. The third-order valence-electron chi connectivity index (χ3n) is 4.65. The van der Waals surface area contributed by atoms with Gasteiger partial charge in [-0.1, -0.05) is 42.5 Å². The van der Waals surface area contributed by atoms with Gasteiger partial charge in [0.15, 0.2) is 0 Å². The lowest BCUT2D eigenvalue weighted by Crippen LogP contribution is -2.28. The fraction of sp³-hybridized carbons (Fsp3) is 0.250. The molecule has 116 valence electrons. The minimum absolute atomic E-state index is 0.0839. The van der Waals surface area contributed by atoms with Crippen LogP contribution in [0.1, 0.15) is 29.9 Å². The van der Waals surface area contributed by atoms with Gasteiger partial charge in [0.2, 0.25) is 0 Å². The van der Waals surface area contributed by atoms with Crippen LogP contribution in [-0.4, -0.2) is 5.97 Å². The highest BCUT2D eigenvalue weighted by Crippen LogP contribution is 2.49. The van der Waals surface area contributed by atoms with Crippen LogP contribution >= 0.6 is 0 Å². The smallest absolute Gasteiger partial charge is 0.315 e. The van der Waals surface area contributed by atoms with E-state index in [2.05, 4.69) is 6.58 Å². The maximum Gasteiger partial charge on any atom is 0.315 e. The number of esters is 1. The van der Waals surface area contributed by atoms with Gasteiger partial charge in [-0.3, -0.25) is 4.79 Å². The molecule has 0 bridgehead atoms. The van der Waals surface area contributed by atoms with Crippen LogP contribution in [-0.2, 0) is 11.4 Å². The Morgan fingerprint density at radius 2 is 1.87 bits per heavy atom. The lowest BCUT2D eigenvalue weighted by molar-refractivity contribution is -0.140. The monoisotopic (exact) mass is 306 g/mol. The SMILES string of the molecule is C=C1C[C@@H]2C(=O)Oc3ccc(OCc4ccccc4)cc3[C@@H]2C1. The van der Waals surface area contributed by atoms with E-state index in [1.54, 1.807) is 0 Å². The van der Waals surface area contributed by atoms with Gasteiger partial charge in [-0.15, -0.1) is 0 Å². The van der Waals surface area contributed by atoms with Gasteiger partial charge in [0, 0.05) is 11.5 Å². The van der Waals surface area contributed by atoms with E-state index in [1.165, 1.54) is 0 Å². The predicted molar refractivity (Wildman–Crippen MR) is 87.5 cm³/mol. The molecule has 1 fully saturated rings. The molecule has 2 aromatic rings. The van der Waals surface area contributed by atoms with E-state index in [9.17, 15) is 4.79 Å². The first kappa shape index (κ1) is 14.1. The molecule has 2 atom stereocenters. The average Bonchev–Trinajstić information content (AvgIpc) is 2.97. The van der Waals surface area contributed by atoms with Gasteiger partial charge >= 0.3 is 5.97 Å². The number of hydrogen-bond donors (Lipinski definition) is 0. The first-order valence-corrected chi connectivity index (χ1v) is 7.90. The summed E-state index contributed by atoms with van der Waals surface area (Å²) in [5.74, 6) is 1.44. The zero-order chi connectivity index (χ0) is 15.8. The van der Waals surface area contributed by atoms with Crippen LogP contribution in [0.5, 0.6) is 11.5 Å². The zero-order valence-electron chi connectivity index (χ0n) is 12.8. The van der Waals surface area contributed by atoms with Gasteiger partial charge in [0.25, 0.3) is 0 Å². The summed E-state index contributed by atoms with van der Waals surface area (Å²) in [6.45, 7) is 4.57. The van der Waals surface area contributed by atoms with E-state index < -0.39 is 0 Å². The topological polar surface area (TPSA) is 35.5 Å². The van der Waals surface area contributed by atoms with Crippen LogP contribution in [0.15, 0.2) is 60.7 Å². The highest BCUT2D eigenvalue weighted by Gasteiger charge is 2.42. The summed E-state index contributed by atoms with van der Waals surface area (Å²) in [5, 5.41) is 0. The molecule has 0 N–H and O–H groups in total. The molecular formula is C20H18O3. The van der Waals surface area contributed by atoms with Crippen molar-refractivity contribution in [2.24, 2.45) is 5.92 Å². The van der Waals surface area contributed by atoms with Crippen molar-refractivity contribution in [3.8, 4) is 11.5 Å². The van der Waals surface area contributed by atoms with Crippen molar-refractivity contribution >= 4 is 5.97 Å². The molecule has 0 unspecified atom stereocenters. The number of carbonyl (C=O) groups is 1. The van der Waals surface area contributed by atoms with Crippen LogP contribution in [0.2, 0.25) is 0 Å². The second-order valence-electron chi connectivity index (χ2n) is 6.27. The summed E-state index contributed by atoms with van der Waals surface area (Å²) in [4.78, 5) is 12.1. The van der Waals surface area contributed by atoms with E-state index in [0.717, 1.165) is 35.3 Å². The Balaban J connectivity index is 1.58. The Kier molecular flexibility index (Phi) is 3.41. The molecule has 1 heterocycles. The second-order valence-corrected chi connectivity index (χ2v) is 6.27. The number of rotatable bonds is 3. The highest BCUT2D eigenvalue weighted by atomic mass is 16.5. The fourth-order valence-electron chi connectivity index (χ4n) is 3.49. The van der Waals surface area contributed by atoms with Crippen LogP contribution in [0.25, 0.3) is 0 Å². The lowest BCUT2D eigenvalue weighted by atomic mass is 9.86. The van der Waals surface area contributed by atoms with Crippen molar-refractivity contribution in [1.82, 2.24) is 0 Å². The van der Waals surface area contributed by atoms with Crippen molar-refractivity contribution < 1.29 is 14.3 Å². The van der Waals surface area contributed by atoms with Crippen molar-refractivity contribution in [3.05, 3.63) is 71.8 Å². The van der Waals surface area contributed by atoms with E-state index in [0.29, 0.717) is 12.4 Å². The first-order chi connectivity index (χ1) is 11.2. The van der Waals surface area contributed by atoms with E-state index in [4.69, 9.17) is 9.47 Å². The minimum Gasteiger partial charge on any atom is -0.489 e. The quantitative estimate of drug-likeness (QED) is 0.483. The molecule has 0 saturated heterocycles. The van der Waals surface area contributed by atoms with Crippen LogP contribution < -0.4 is 9.47 Å². The summed E-state index contributed by atoms with van der Waals surface area (Å²) < 4.78 is 11.4. The van der Waals surface area contributed by atoms with Crippen molar-refractivity contribution in [2.45, 2.75) is 25.4 Å². The maximum absolute atomic E-state index is 12.1. The third-order valence-corrected chi connectivity index (χ3v) is 4.65. The molecule has 3 nitrogen and oxygen atoms in total. The number of ether oxygens (including phenoxy) is 2. The molecule has 4 rings (SSSR count). The largest absolute Gasteiger partial charge is 0.489 e. The molecule has 0 radical (unpaired) electrons. The van der Waals surface area contributed by atoms with Crippen molar-refractivity contribution in [3.63, 3.8) is 0 Å². The molecular weight excluding hydrogens is 288 g/mol. The highest BCUT2D eigenvalue weighted by molar-refractivity contribution is 5.80. The molecule has 0 aromatic heterocycles. The van der Waals surface area contributed by atoms with Gasteiger partial charge in [-0.2, -0.15) is 0 Å². The number of hydrogen-bond acceptors (Lipinski definition) is 3. The minimum atomic E-state index is -0.126. The first-order valence-electron chi connectivity index (χ1n) is 7.90. The molecule has 0 spiro atoms. The summed E-state index contributed by atoms with van der Waals surface area (Å²) in [5.41, 5.74) is 3.32. The standard InChI is InChI=1S/C20H18O3/c1-13-9-16-17-11-15(22-12-14-5-3-2-4-6-14)7-8-19(17)23-20(21)18(16)10-13/h2-8,11,16,18H,1,9-10,12H2/t16-,18-/m0/s1. The van der Waals surface area contributed by atoms with Crippen molar-refractivity contribution in [1.29, 1.82) is 0 Å². The molecule has 2 aromatic carbocycles. The van der Waals surface area contributed by atoms with E-state index in [-0.39, 0.29) is 17.8 Å². The van der Waals surface area contributed by atoms with Crippen LogP contribution in [0.4, 0.5) is 0 Å². The number of benzene rings is 2. The van der Waals surface area contributed by atoms with Crippen molar-refractivity contribution in [2.75, 3.05) is 0 Å². The van der Waals surface area contributed by atoms with Crippen LogP contribution in [0.3, 0.4) is 0 Å². The zero-order valence-corrected chi connectivity index (χ0v) is 12.8. The Morgan fingerprint density at radius 3 is 2.70 bits per heavy atom. The maximum atomic E-state index is 12.1. The van der Waals surface area contributed by atoms with Gasteiger partial charge < -0.3 is 9.47 Å². The second kappa shape index (κ2) is 5.58. The number of allylic oxidation sites excluding steroid dienone is 1. The summed E-state index contributed by atoms with van der Waals surface area (Å²) in [7, 11) is 0. The van der Waals surface area contributed by atoms with Gasteiger partial charge in [-0.25, -0.2) is 0 Å². The van der Waals surface area contributed by atoms with Gasteiger partial charge in [-0.05, 0) is 36.6 Å². The van der Waals surface area contributed by atoms with E-state index in [1.807, 2.05) is 48.5 Å². The molecule has 3 heteroatoms. The summed E-state index contributed by atoms with van der Waals surface area (Å²) in [6, 6.07) is 15.8. The van der Waals surface area contributed by atoms with Crippen LogP contribution in [0, 0.1) is 5.92 Å². The average molecular weight is 306 g/mol.